The van der Waals surface area contributed by atoms with Crippen LogP contribution in [0, 0.1) is 0 Å². The summed E-state index contributed by atoms with van der Waals surface area (Å²) in [7, 11) is 0. The molecule has 1 amide bonds. The smallest absolute Gasteiger partial charge is 0.272 e. The minimum absolute atomic E-state index is 0. The number of nitrogens with two attached hydrogens (primary N) is 1. The summed E-state index contributed by atoms with van der Waals surface area (Å²) in [6.07, 6.45) is 0. The fourth-order valence-electron chi connectivity index (χ4n) is 2.17. The molecule has 1 aromatic heterocycles. The fraction of sp³-hybridized carbons (Fsp3) is 0.538. The molecule has 0 unspecified atom stereocenters. The van der Waals surface area contributed by atoms with E-state index in [9.17, 15) is 4.79 Å². The first-order valence-electron chi connectivity index (χ1n) is 6.34. The highest BCUT2D eigenvalue weighted by atomic mass is 35.5. The minimum Gasteiger partial charge on any atom is -0.384 e. The number of pyridine rings is 1. The number of nitrogens with zero attached hydrogens (tertiary/aromatic N) is 3. The zero-order chi connectivity index (χ0) is 13.1. The predicted octanol–water partition coefficient (Wildman–Crippen LogP) is 1.25. The lowest BCUT2D eigenvalue weighted by Gasteiger charge is -2.36. The first kappa shape index (κ1) is 15.7. The third-order valence-corrected chi connectivity index (χ3v) is 3.32. The highest BCUT2D eigenvalue weighted by Crippen LogP contribution is 2.10. The van der Waals surface area contributed by atoms with Gasteiger partial charge >= 0.3 is 0 Å². The van der Waals surface area contributed by atoms with Crippen molar-refractivity contribution < 1.29 is 4.79 Å². The highest BCUT2D eigenvalue weighted by Gasteiger charge is 2.23. The number of halogens is 1. The van der Waals surface area contributed by atoms with E-state index in [0.717, 1.165) is 26.2 Å². The largest absolute Gasteiger partial charge is 0.384 e. The van der Waals surface area contributed by atoms with E-state index in [-0.39, 0.29) is 18.3 Å². The van der Waals surface area contributed by atoms with Crippen LogP contribution in [0.4, 0.5) is 5.82 Å². The van der Waals surface area contributed by atoms with Crippen molar-refractivity contribution in [3.8, 4) is 0 Å². The molecule has 0 bridgehead atoms. The van der Waals surface area contributed by atoms with Crippen LogP contribution in [0.15, 0.2) is 18.2 Å². The maximum absolute atomic E-state index is 12.2. The van der Waals surface area contributed by atoms with Gasteiger partial charge in [0.05, 0.1) is 0 Å². The molecule has 1 saturated heterocycles. The zero-order valence-corrected chi connectivity index (χ0v) is 12.2. The van der Waals surface area contributed by atoms with Crippen molar-refractivity contribution in [3.63, 3.8) is 0 Å². The maximum Gasteiger partial charge on any atom is 0.272 e. The van der Waals surface area contributed by atoms with Crippen molar-refractivity contribution >= 4 is 24.1 Å². The van der Waals surface area contributed by atoms with Crippen molar-refractivity contribution in [2.24, 2.45) is 0 Å². The number of rotatable bonds is 2. The number of carbonyl (C=O) groups excluding carboxylic acids is 1. The SMILES string of the molecule is CC(C)N1CCN(C(=O)c2cccc(N)n2)CC1.Cl. The number of aromatic nitrogens is 1. The van der Waals surface area contributed by atoms with E-state index in [0.29, 0.717) is 17.6 Å². The Balaban J connectivity index is 0.00000180. The molecule has 1 aliphatic heterocycles. The second-order valence-electron chi connectivity index (χ2n) is 4.87. The molecule has 5 nitrogen and oxygen atoms in total. The Hall–Kier alpha value is -1.33. The van der Waals surface area contributed by atoms with Crippen molar-refractivity contribution in [2.75, 3.05) is 31.9 Å². The van der Waals surface area contributed by atoms with Crippen LogP contribution in [-0.2, 0) is 0 Å². The van der Waals surface area contributed by atoms with E-state index in [2.05, 4.69) is 23.7 Å². The molecule has 0 spiro atoms. The molecule has 0 aliphatic carbocycles. The molecule has 2 rings (SSSR count). The molecular formula is C13H21ClN4O. The van der Waals surface area contributed by atoms with Crippen LogP contribution in [0.1, 0.15) is 24.3 Å². The summed E-state index contributed by atoms with van der Waals surface area (Å²) in [5.41, 5.74) is 6.04. The normalized spacial score (nSPS) is 16.3. The van der Waals surface area contributed by atoms with Gasteiger partial charge in [0, 0.05) is 32.2 Å². The summed E-state index contributed by atoms with van der Waals surface area (Å²) >= 11 is 0. The quantitative estimate of drug-likeness (QED) is 0.888. The Bertz CT molecular complexity index is 430. The van der Waals surface area contributed by atoms with Crippen molar-refractivity contribution in [1.29, 1.82) is 0 Å². The molecule has 106 valence electrons. The van der Waals surface area contributed by atoms with Crippen LogP contribution in [0.2, 0.25) is 0 Å². The lowest BCUT2D eigenvalue weighted by molar-refractivity contribution is 0.0590. The lowest BCUT2D eigenvalue weighted by atomic mass is 10.2. The molecule has 0 radical (unpaired) electrons. The van der Waals surface area contributed by atoms with Gasteiger partial charge in [-0.1, -0.05) is 6.07 Å². The lowest BCUT2D eigenvalue weighted by Crippen LogP contribution is -2.50. The van der Waals surface area contributed by atoms with Crippen molar-refractivity contribution in [1.82, 2.24) is 14.8 Å². The molecule has 19 heavy (non-hydrogen) atoms. The fourth-order valence-corrected chi connectivity index (χ4v) is 2.17. The maximum atomic E-state index is 12.2. The van der Waals surface area contributed by atoms with Gasteiger partial charge in [-0.3, -0.25) is 9.69 Å². The Morgan fingerprint density at radius 3 is 2.42 bits per heavy atom. The van der Waals surface area contributed by atoms with E-state index < -0.39 is 0 Å². The summed E-state index contributed by atoms with van der Waals surface area (Å²) in [5, 5.41) is 0. The van der Waals surface area contributed by atoms with Gasteiger partial charge in [-0.25, -0.2) is 4.98 Å². The summed E-state index contributed by atoms with van der Waals surface area (Å²) in [6, 6.07) is 5.70. The molecule has 1 fully saturated rings. The summed E-state index contributed by atoms with van der Waals surface area (Å²) < 4.78 is 0. The van der Waals surface area contributed by atoms with Gasteiger partial charge in [-0.05, 0) is 26.0 Å². The van der Waals surface area contributed by atoms with Gasteiger partial charge < -0.3 is 10.6 Å². The third-order valence-electron chi connectivity index (χ3n) is 3.32. The first-order chi connectivity index (χ1) is 8.58. The molecule has 6 heteroatoms. The molecule has 2 N–H and O–H groups in total. The van der Waals surface area contributed by atoms with Crippen LogP contribution >= 0.6 is 12.4 Å². The topological polar surface area (TPSA) is 62.5 Å². The summed E-state index contributed by atoms with van der Waals surface area (Å²) in [6.45, 7) is 7.71. The van der Waals surface area contributed by atoms with E-state index in [4.69, 9.17) is 5.73 Å². The number of amides is 1. The van der Waals surface area contributed by atoms with Crippen LogP contribution in [0.25, 0.3) is 0 Å². The van der Waals surface area contributed by atoms with Gasteiger partial charge in [-0.2, -0.15) is 0 Å². The van der Waals surface area contributed by atoms with E-state index in [1.165, 1.54) is 0 Å². The Morgan fingerprint density at radius 2 is 1.89 bits per heavy atom. The second-order valence-corrected chi connectivity index (χ2v) is 4.87. The van der Waals surface area contributed by atoms with Crippen molar-refractivity contribution in [3.05, 3.63) is 23.9 Å². The Morgan fingerprint density at radius 1 is 1.26 bits per heavy atom. The van der Waals surface area contributed by atoms with E-state index in [1.807, 2.05) is 4.90 Å². The van der Waals surface area contributed by atoms with Gasteiger partial charge in [0.2, 0.25) is 0 Å². The van der Waals surface area contributed by atoms with Crippen LogP contribution in [0.3, 0.4) is 0 Å². The number of piperazine rings is 1. The highest BCUT2D eigenvalue weighted by molar-refractivity contribution is 5.92. The number of anilines is 1. The van der Waals surface area contributed by atoms with Crippen LogP contribution < -0.4 is 5.73 Å². The van der Waals surface area contributed by atoms with Gasteiger partial charge in [-0.15, -0.1) is 12.4 Å². The standard InChI is InChI=1S/C13H20N4O.ClH/c1-10(2)16-6-8-17(9-7-16)13(18)11-4-3-5-12(14)15-11;/h3-5,10H,6-9H2,1-2H3,(H2,14,15);1H. The minimum atomic E-state index is -0.0225. The van der Waals surface area contributed by atoms with Crippen LogP contribution in [-0.4, -0.2) is 52.9 Å². The number of hydrogen-bond acceptors (Lipinski definition) is 4. The Labute approximate surface area is 120 Å². The number of nitrogen functional groups attached to an aromatic ring is 1. The van der Waals surface area contributed by atoms with Gasteiger partial charge in [0.15, 0.2) is 0 Å². The number of hydrogen-bond donors (Lipinski definition) is 1. The molecule has 0 saturated carbocycles. The molecule has 1 aromatic rings. The molecule has 0 atom stereocenters. The Kier molecular flexibility index (Phi) is 5.57. The van der Waals surface area contributed by atoms with Gasteiger partial charge in [0.1, 0.15) is 11.5 Å². The molecule has 2 heterocycles. The average Bonchev–Trinajstić information content (AvgIpc) is 2.38. The third kappa shape index (κ3) is 3.81. The zero-order valence-electron chi connectivity index (χ0n) is 11.4. The summed E-state index contributed by atoms with van der Waals surface area (Å²) in [5.74, 6) is 0.368. The number of carbonyl (C=O) groups is 1. The van der Waals surface area contributed by atoms with Crippen molar-refractivity contribution in [2.45, 2.75) is 19.9 Å². The summed E-state index contributed by atoms with van der Waals surface area (Å²) in [4.78, 5) is 20.5. The van der Waals surface area contributed by atoms with E-state index in [1.54, 1.807) is 18.2 Å². The second kappa shape index (κ2) is 6.73. The predicted molar refractivity (Wildman–Crippen MR) is 78.5 cm³/mol. The molecule has 0 aromatic carbocycles. The molecular weight excluding hydrogens is 264 g/mol. The first-order valence-corrected chi connectivity index (χ1v) is 6.34. The van der Waals surface area contributed by atoms with Crippen LogP contribution in [0.5, 0.6) is 0 Å². The molecule has 1 aliphatic rings. The van der Waals surface area contributed by atoms with Gasteiger partial charge in [0.25, 0.3) is 5.91 Å². The van der Waals surface area contributed by atoms with E-state index >= 15 is 0 Å². The monoisotopic (exact) mass is 284 g/mol. The average molecular weight is 285 g/mol.